The predicted molar refractivity (Wildman–Crippen MR) is 154 cm³/mol. The molecule has 1 aromatic carbocycles. The molecular weight excluding hydrogens is 467 g/mol. The van der Waals surface area contributed by atoms with E-state index in [1.165, 1.54) is 95.5 Å². The number of benzene rings is 1. The van der Waals surface area contributed by atoms with Crippen LogP contribution in [0.25, 0.3) is 10.4 Å². The van der Waals surface area contributed by atoms with E-state index in [4.69, 9.17) is 5.53 Å². The zero-order valence-electron chi connectivity index (χ0n) is 23.3. The number of quaternary nitrogens is 1. The average Bonchev–Trinajstić information content (AvgIpc) is 2.83. The van der Waals surface area contributed by atoms with E-state index in [1.54, 1.807) is 0 Å². The van der Waals surface area contributed by atoms with Crippen molar-refractivity contribution < 1.29 is 14.5 Å². The summed E-state index contributed by atoms with van der Waals surface area (Å²) in [7, 11) is 4.44. The van der Waals surface area contributed by atoms with Gasteiger partial charge < -0.3 is 14.5 Å². The van der Waals surface area contributed by atoms with Gasteiger partial charge in [-0.1, -0.05) is 113 Å². The second kappa shape index (κ2) is 20.6. The molecule has 0 aliphatic rings. The first kappa shape index (κ1) is 32.6. The first-order valence-corrected chi connectivity index (χ1v) is 15.7. The molecule has 1 aromatic rings. The normalized spacial score (nSPS) is 12.4. The maximum absolute atomic E-state index is 12.1. The summed E-state index contributed by atoms with van der Waals surface area (Å²) in [5.41, 5.74) is 10.6. The van der Waals surface area contributed by atoms with Gasteiger partial charge in [0.05, 0.1) is 28.9 Å². The second-order valence-corrected chi connectivity index (χ2v) is 12.9. The molecule has 0 radical (unpaired) electrons. The molecule has 0 saturated carbocycles. The first-order chi connectivity index (χ1) is 17.3. The Balaban J connectivity index is 1.82. The summed E-state index contributed by atoms with van der Waals surface area (Å²) in [5.74, 6) is 0. The summed E-state index contributed by atoms with van der Waals surface area (Å²) in [4.78, 5) is 14.9. The van der Waals surface area contributed by atoms with Gasteiger partial charge in [-0.15, -0.1) is 0 Å². The molecule has 0 amide bonds. The van der Waals surface area contributed by atoms with Crippen LogP contribution in [-0.2, 0) is 6.42 Å². The highest BCUT2D eigenvalue weighted by Crippen LogP contribution is 2.19. The molecule has 0 aromatic heterocycles. The van der Waals surface area contributed by atoms with E-state index in [2.05, 4.69) is 22.2 Å². The number of aliphatic hydroxyl groups excluding tert-OH is 1. The molecule has 6 nitrogen and oxygen atoms in total. The van der Waals surface area contributed by atoms with Crippen molar-refractivity contribution in [2.75, 3.05) is 33.8 Å². The number of rotatable bonds is 22. The molecular formula is C29H52N4O2P+. The lowest BCUT2D eigenvalue weighted by Crippen LogP contribution is -2.39. The van der Waals surface area contributed by atoms with Crippen molar-refractivity contribution in [3.8, 4) is 0 Å². The van der Waals surface area contributed by atoms with Crippen molar-refractivity contribution in [3.05, 3.63) is 40.3 Å². The number of unbranched alkanes of at least 4 members (excludes halogenated alkanes) is 15. The number of aryl methyl sites for hydroxylation is 1. The second-order valence-electron chi connectivity index (χ2n) is 11.2. The Labute approximate surface area is 221 Å². The quantitative estimate of drug-likeness (QED) is 0.0416. The lowest BCUT2D eigenvalue weighted by Gasteiger charge is -2.22. The van der Waals surface area contributed by atoms with Gasteiger partial charge in [-0.3, -0.25) is 0 Å². The van der Waals surface area contributed by atoms with E-state index in [-0.39, 0.29) is 5.48 Å². The largest absolute Gasteiger partial charge is 0.629 e. The molecule has 0 fully saturated rings. The summed E-state index contributed by atoms with van der Waals surface area (Å²) in [6.07, 6.45) is 22.5. The van der Waals surface area contributed by atoms with Crippen molar-refractivity contribution >= 4 is 18.9 Å². The third-order valence-corrected chi connectivity index (χ3v) is 8.02. The highest BCUT2D eigenvalue weighted by Gasteiger charge is 2.16. The van der Waals surface area contributed by atoms with Crippen LogP contribution in [-0.4, -0.2) is 48.9 Å². The highest BCUT2D eigenvalue weighted by molar-refractivity contribution is 7.51. The van der Waals surface area contributed by atoms with E-state index >= 15 is 0 Å². The van der Waals surface area contributed by atoms with Gasteiger partial charge in [-0.2, -0.15) is 0 Å². The number of hydrogen-bond acceptors (Lipinski definition) is 2. The summed E-state index contributed by atoms with van der Waals surface area (Å²) >= 11 is 0. The highest BCUT2D eigenvalue weighted by atomic mass is 31.1. The van der Waals surface area contributed by atoms with Crippen LogP contribution in [0.5, 0.6) is 0 Å². The lowest BCUT2D eigenvalue weighted by molar-refractivity contribution is -0.861. The molecule has 1 atom stereocenters. The smallest absolute Gasteiger partial charge is 0.273 e. The van der Waals surface area contributed by atoms with Crippen LogP contribution in [0.4, 0.5) is 5.69 Å². The molecule has 0 aliphatic carbocycles. The molecule has 1 unspecified atom stereocenters. The number of likely N-dealkylation sites (N-methyl/N-ethyl adjacent to an activating group) is 1. The van der Waals surface area contributed by atoms with E-state index in [0.717, 1.165) is 19.3 Å². The van der Waals surface area contributed by atoms with Crippen LogP contribution in [0.2, 0.25) is 0 Å². The average molecular weight is 520 g/mol. The molecule has 1 rings (SSSR count). The van der Waals surface area contributed by atoms with Crippen molar-refractivity contribution in [3.63, 3.8) is 0 Å². The van der Waals surface area contributed by atoms with Crippen LogP contribution in [0, 0.1) is 0 Å². The lowest BCUT2D eigenvalue weighted by atomic mass is 10.0. The maximum atomic E-state index is 12.1. The van der Waals surface area contributed by atoms with Crippen LogP contribution < -0.4 is 4.89 Å². The van der Waals surface area contributed by atoms with Crippen LogP contribution in [0.3, 0.4) is 0 Å². The topological polar surface area (TPSA) is 92.0 Å². The van der Waals surface area contributed by atoms with Gasteiger partial charge in [0.1, 0.15) is 6.16 Å². The Morgan fingerprint density at radius 1 is 0.778 bits per heavy atom. The molecule has 0 heterocycles. The Morgan fingerprint density at radius 2 is 1.19 bits per heavy atom. The summed E-state index contributed by atoms with van der Waals surface area (Å²) in [5, 5.41) is 13.6. The fourth-order valence-electron chi connectivity index (χ4n) is 4.47. The molecule has 0 spiro atoms. The maximum Gasteiger partial charge on any atom is 0.273 e. The van der Waals surface area contributed by atoms with Gasteiger partial charge in [-0.05, 0) is 36.8 Å². The molecule has 36 heavy (non-hydrogen) atoms. The minimum Gasteiger partial charge on any atom is -0.629 e. The summed E-state index contributed by atoms with van der Waals surface area (Å²) in [6, 6.07) is 7.92. The van der Waals surface area contributed by atoms with Gasteiger partial charge in [0, 0.05) is 10.6 Å². The Morgan fingerprint density at radius 3 is 1.61 bits per heavy atom. The van der Waals surface area contributed by atoms with E-state index in [0.29, 0.717) is 22.9 Å². The fourth-order valence-corrected chi connectivity index (χ4v) is 5.82. The standard InChI is InChI=1S/C29H51N4O2P/c1-33(2,3)26-29(34)36(35)25-19-17-15-13-11-9-7-5-4-6-8-10-12-14-16-18-20-27-21-23-28(24-22-27)31-32-30/h21-24H,4-20,25-26H2,1-3H3/p+1. The molecule has 0 aliphatic heterocycles. The van der Waals surface area contributed by atoms with Crippen molar-refractivity contribution in [1.29, 1.82) is 0 Å². The number of nitrogens with zero attached hydrogens (tertiary/aromatic N) is 4. The Hall–Kier alpha value is -1.42. The minimum absolute atomic E-state index is 0.182. The van der Waals surface area contributed by atoms with E-state index < -0.39 is 7.77 Å². The van der Waals surface area contributed by atoms with Gasteiger partial charge in [0.25, 0.3) is 5.48 Å². The molecule has 204 valence electrons. The molecule has 0 saturated heterocycles. The monoisotopic (exact) mass is 519 g/mol. The van der Waals surface area contributed by atoms with Crippen molar-refractivity contribution in [1.82, 2.24) is 0 Å². The fraction of sp³-hybridized carbons (Fsp3) is 0.759. The third-order valence-electron chi connectivity index (χ3n) is 6.58. The SMILES string of the molecule is C[N+](C)(C)CC(O)=[P+]([O-])CCCCCCCCCCCCCCCCCCc1ccc(N=[N+]=[N-])cc1. The third kappa shape index (κ3) is 18.8. The first-order valence-electron chi connectivity index (χ1n) is 14.3. The van der Waals surface area contributed by atoms with Crippen LogP contribution in [0.1, 0.15) is 108 Å². The molecule has 0 bridgehead atoms. The minimum atomic E-state index is -1.57. The summed E-state index contributed by atoms with van der Waals surface area (Å²) in [6.45, 7) is 0.481. The van der Waals surface area contributed by atoms with Crippen LogP contribution >= 0.6 is 7.77 Å². The van der Waals surface area contributed by atoms with Gasteiger partial charge in [0.2, 0.25) is 0 Å². The van der Waals surface area contributed by atoms with Gasteiger partial charge in [0.15, 0.2) is 6.54 Å². The molecule has 1 N–H and O–H groups in total. The number of aliphatic hydroxyl groups is 1. The van der Waals surface area contributed by atoms with Crippen molar-refractivity contribution in [2.24, 2.45) is 5.11 Å². The number of hydrogen-bond donors (Lipinski definition) is 1. The van der Waals surface area contributed by atoms with Gasteiger partial charge in [-0.25, -0.2) is 0 Å². The molecule has 7 heteroatoms. The van der Waals surface area contributed by atoms with Crippen LogP contribution in [0.15, 0.2) is 29.4 Å². The van der Waals surface area contributed by atoms with Gasteiger partial charge >= 0.3 is 0 Å². The van der Waals surface area contributed by atoms with E-state index in [1.807, 2.05) is 33.3 Å². The Bertz CT molecular complexity index is 768. The number of azide groups is 1. The van der Waals surface area contributed by atoms with Crippen molar-refractivity contribution in [2.45, 2.75) is 109 Å². The van der Waals surface area contributed by atoms with E-state index in [9.17, 15) is 10.00 Å². The Kier molecular flexibility index (Phi) is 18.7. The zero-order valence-corrected chi connectivity index (χ0v) is 24.2. The predicted octanol–water partition coefficient (Wildman–Crippen LogP) is 8.38. The summed E-state index contributed by atoms with van der Waals surface area (Å²) < 4.78 is 0.619. The zero-order chi connectivity index (χ0) is 26.5.